The summed E-state index contributed by atoms with van der Waals surface area (Å²) < 4.78 is 17.0. The molecule has 0 bridgehead atoms. The first-order valence-corrected chi connectivity index (χ1v) is 15.4. The summed E-state index contributed by atoms with van der Waals surface area (Å²) in [6, 6.07) is 24.9. The fraction of sp³-hybridized carbons (Fsp3) is 0.0385. The molecule has 0 atom stereocenters. The summed E-state index contributed by atoms with van der Waals surface area (Å²) >= 11 is -5.32. The Morgan fingerprint density at radius 1 is 0.515 bits per heavy atom. The molecule has 0 heterocycles. The standard InChI is InChI=1S/3C7H6O2.C5H5.Sn/c3*8-7(9)6-4-2-1-3-5-6;1-2-4-5-3-1;/h3*1-5H,(H,8,9);1-5H;/q;;;;+3/p-3. The van der Waals surface area contributed by atoms with Crippen LogP contribution in [0.2, 0.25) is 3.93 Å². The van der Waals surface area contributed by atoms with E-state index in [0.717, 1.165) is 0 Å². The van der Waals surface area contributed by atoms with Crippen LogP contribution in [-0.4, -0.2) is 37.5 Å². The minimum absolute atomic E-state index is 0.260. The van der Waals surface area contributed by atoms with Crippen molar-refractivity contribution in [3.05, 3.63) is 132 Å². The minimum atomic E-state index is -5.32. The van der Waals surface area contributed by atoms with Crippen LogP contribution in [-0.2, 0) is 9.22 Å². The zero-order chi connectivity index (χ0) is 23.1. The van der Waals surface area contributed by atoms with Gasteiger partial charge in [-0.3, -0.25) is 0 Å². The van der Waals surface area contributed by atoms with E-state index < -0.39 is 41.5 Å². The number of allylic oxidation sites excluding steroid dienone is 4. The molecule has 3 aromatic rings. The Morgan fingerprint density at radius 3 is 1.12 bits per heavy atom. The summed E-state index contributed by atoms with van der Waals surface area (Å²) in [7, 11) is 0. The molecule has 0 N–H and O–H groups in total. The van der Waals surface area contributed by atoms with E-state index in [1.54, 1.807) is 115 Å². The second-order valence-corrected chi connectivity index (χ2v) is 14.3. The molecule has 7 heteroatoms. The van der Waals surface area contributed by atoms with Gasteiger partial charge in [-0.25, -0.2) is 0 Å². The van der Waals surface area contributed by atoms with Crippen LogP contribution in [0.1, 0.15) is 31.1 Å². The van der Waals surface area contributed by atoms with Crippen LogP contribution in [0.3, 0.4) is 0 Å². The molecule has 33 heavy (non-hydrogen) atoms. The molecule has 3 aromatic carbocycles. The summed E-state index contributed by atoms with van der Waals surface area (Å²) in [5.41, 5.74) is 0.781. The Balaban J connectivity index is 1.73. The number of benzene rings is 3. The van der Waals surface area contributed by atoms with Crippen molar-refractivity contribution in [2.45, 2.75) is 3.93 Å². The van der Waals surface area contributed by atoms with Crippen molar-refractivity contribution >= 4 is 37.5 Å². The zero-order valence-electron chi connectivity index (χ0n) is 17.5. The molecule has 0 amide bonds. The summed E-state index contributed by atoms with van der Waals surface area (Å²) in [6.07, 6.45) is 6.90. The summed E-state index contributed by atoms with van der Waals surface area (Å²) in [5, 5.41) is 0. The van der Waals surface area contributed by atoms with Gasteiger partial charge in [-0.05, 0) is 0 Å². The average Bonchev–Trinajstić information content (AvgIpc) is 3.41. The monoisotopic (exact) mass is 548 g/mol. The van der Waals surface area contributed by atoms with Gasteiger partial charge in [0.05, 0.1) is 0 Å². The first-order valence-electron chi connectivity index (χ1n) is 10.3. The van der Waals surface area contributed by atoms with Crippen LogP contribution < -0.4 is 0 Å². The quantitative estimate of drug-likeness (QED) is 0.388. The topological polar surface area (TPSA) is 78.9 Å². The number of carbonyl (C=O) groups excluding carboxylic acids is 3. The van der Waals surface area contributed by atoms with Crippen LogP contribution in [0, 0.1) is 0 Å². The van der Waals surface area contributed by atoms with Gasteiger partial charge >= 0.3 is 197 Å². The molecule has 0 aliphatic heterocycles. The molecule has 0 saturated heterocycles. The molecular formula is C26H20O6Sn. The molecule has 0 saturated carbocycles. The van der Waals surface area contributed by atoms with E-state index >= 15 is 0 Å². The SMILES string of the molecule is O=C([O][Sn]([O]C(=O)c1ccccc1)([O]C(=O)c1ccccc1)[CH]1C=CC=C1)c1ccccc1. The normalized spacial score (nSPS) is 12.8. The number of hydrogen-bond acceptors (Lipinski definition) is 6. The van der Waals surface area contributed by atoms with Gasteiger partial charge in [0.2, 0.25) is 0 Å². The molecular weight excluding hydrogens is 527 g/mol. The number of rotatable bonds is 7. The van der Waals surface area contributed by atoms with Crippen molar-refractivity contribution in [3.8, 4) is 0 Å². The fourth-order valence-electron chi connectivity index (χ4n) is 3.22. The van der Waals surface area contributed by atoms with E-state index in [0.29, 0.717) is 0 Å². The van der Waals surface area contributed by atoms with Gasteiger partial charge in [-0.2, -0.15) is 0 Å². The average molecular weight is 547 g/mol. The van der Waals surface area contributed by atoms with Crippen molar-refractivity contribution in [2.75, 3.05) is 0 Å². The number of hydrogen-bond donors (Lipinski definition) is 0. The van der Waals surface area contributed by atoms with Gasteiger partial charge in [0, 0.05) is 0 Å². The zero-order valence-corrected chi connectivity index (χ0v) is 20.4. The van der Waals surface area contributed by atoms with Gasteiger partial charge < -0.3 is 0 Å². The fourth-order valence-corrected chi connectivity index (χ4v) is 9.94. The summed E-state index contributed by atoms with van der Waals surface area (Å²) in [4.78, 5) is 39.2. The molecule has 4 rings (SSSR count). The summed E-state index contributed by atoms with van der Waals surface area (Å²) in [6.45, 7) is 0. The first kappa shape index (κ1) is 22.5. The third-order valence-corrected chi connectivity index (χ3v) is 12.3. The molecule has 1 aliphatic rings. The molecule has 0 unspecified atom stereocenters. The molecule has 1 aliphatic carbocycles. The van der Waals surface area contributed by atoms with Crippen molar-refractivity contribution in [1.82, 2.24) is 0 Å². The van der Waals surface area contributed by atoms with Crippen LogP contribution in [0.25, 0.3) is 0 Å². The van der Waals surface area contributed by atoms with E-state index in [-0.39, 0.29) is 16.7 Å². The van der Waals surface area contributed by atoms with Crippen molar-refractivity contribution < 1.29 is 23.6 Å². The van der Waals surface area contributed by atoms with Crippen molar-refractivity contribution in [3.63, 3.8) is 0 Å². The Labute approximate surface area is 196 Å². The van der Waals surface area contributed by atoms with E-state index in [2.05, 4.69) is 0 Å². The van der Waals surface area contributed by atoms with Crippen LogP contribution in [0.15, 0.2) is 115 Å². The molecule has 0 radical (unpaired) electrons. The Bertz CT molecular complexity index is 1050. The van der Waals surface area contributed by atoms with Gasteiger partial charge in [0.25, 0.3) is 0 Å². The first-order chi connectivity index (χ1) is 16.1. The van der Waals surface area contributed by atoms with E-state index in [1.165, 1.54) is 0 Å². The predicted octanol–water partition coefficient (Wildman–Crippen LogP) is 4.99. The van der Waals surface area contributed by atoms with E-state index in [4.69, 9.17) is 9.22 Å². The van der Waals surface area contributed by atoms with Gasteiger partial charge in [-0.1, -0.05) is 0 Å². The Kier molecular flexibility index (Phi) is 7.04. The molecule has 164 valence electrons. The van der Waals surface area contributed by atoms with Crippen molar-refractivity contribution in [2.24, 2.45) is 0 Å². The number of carbonyl (C=O) groups is 3. The molecule has 0 aromatic heterocycles. The maximum atomic E-state index is 13.1. The summed E-state index contributed by atoms with van der Waals surface area (Å²) in [5.74, 6) is -2.16. The second-order valence-electron chi connectivity index (χ2n) is 7.17. The van der Waals surface area contributed by atoms with Gasteiger partial charge in [0.15, 0.2) is 0 Å². The maximum absolute atomic E-state index is 13.1. The van der Waals surface area contributed by atoms with Crippen LogP contribution >= 0.6 is 0 Å². The second kappa shape index (κ2) is 10.3. The molecule has 6 nitrogen and oxygen atoms in total. The van der Waals surface area contributed by atoms with Crippen LogP contribution in [0.5, 0.6) is 0 Å². The van der Waals surface area contributed by atoms with E-state index in [1.807, 2.05) is 0 Å². The third-order valence-electron chi connectivity index (χ3n) is 4.89. The predicted molar refractivity (Wildman–Crippen MR) is 123 cm³/mol. The van der Waals surface area contributed by atoms with Gasteiger partial charge in [-0.15, -0.1) is 0 Å². The van der Waals surface area contributed by atoms with Crippen LogP contribution in [0.4, 0.5) is 0 Å². The van der Waals surface area contributed by atoms with Gasteiger partial charge in [0.1, 0.15) is 0 Å². The third kappa shape index (κ3) is 5.40. The Hall–Kier alpha value is -3.65. The van der Waals surface area contributed by atoms with E-state index in [9.17, 15) is 14.4 Å². The molecule has 0 spiro atoms. The molecule has 0 fully saturated rings. The van der Waals surface area contributed by atoms with Crippen molar-refractivity contribution in [1.29, 1.82) is 0 Å². The Morgan fingerprint density at radius 2 is 0.818 bits per heavy atom.